The van der Waals surface area contributed by atoms with Crippen LogP contribution in [0, 0.1) is 0 Å². The minimum atomic E-state index is -4.78. The Bertz CT molecular complexity index is 985. The van der Waals surface area contributed by atoms with Gasteiger partial charge in [0, 0.05) is 11.8 Å². The van der Waals surface area contributed by atoms with Gasteiger partial charge in [0.05, 0.1) is 31.7 Å². The zero-order valence-electron chi connectivity index (χ0n) is 14.9. The van der Waals surface area contributed by atoms with Gasteiger partial charge in [-0.1, -0.05) is 18.2 Å². The molecule has 1 heterocycles. The third-order valence-corrected chi connectivity index (χ3v) is 3.92. The lowest BCUT2D eigenvalue weighted by atomic mass is 10.2. The Morgan fingerprint density at radius 1 is 1.04 bits per heavy atom. The first-order valence-corrected chi connectivity index (χ1v) is 8.09. The third kappa shape index (κ3) is 3.78. The average molecular weight is 391 g/mol. The molecular formula is C19H16F3N3O3. The van der Waals surface area contributed by atoms with Crippen molar-refractivity contribution in [1.82, 2.24) is 9.78 Å². The maximum atomic E-state index is 13.7. The second-order valence-electron chi connectivity index (χ2n) is 5.68. The Labute approximate surface area is 158 Å². The highest BCUT2D eigenvalue weighted by atomic mass is 19.4. The number of aromatic nitrogens is 2. The van der Waals surface area contributed by atoms with E-state index in [1.807, 2.05) is 0 Å². The molecule has 0 aliphatic rings. The summed E-state index contributed by atoms with van der Waals surface area (Å²) >= 11 is 0. The summed E-state index contributed by atoms with van der Waals surface area (Å²) in [4.78, 5) is 12.5. The number of nitrogens with one attached hydrogen (secondary N) is 1. The first-order chi connectivity index (χ1) is 13.3. The van der Waals surface area contributed by atoms with Crippen molar-refractivity contribution in [2.75, 3.05) is 19.5 Å². The number of nitrogens with zero attached hydrogens (tertiary/aromatic N) is 2. The number of hydrogen-bond donors (Lipinski definition) is 1. The Kier molecular flexibility index (Phi) is 5.25. The molecule has 0 aliphatic heterocycles. The number of hydrogen-bond acceptors (Lipinski definition) is 4. The summed E-state index contributed by atoms with van der Waals surface area (Å²) < 4.78 is 51.9. The first kappa shape index (κ1) is 19.3. The van der Waals surface area contributed by atoms with Gasteiger partial charge in [-0.25, -0.2) is 4.68 Å². The highest BCUT2D eigenvalue weighted by molar-refractivity contribution is 6.05. The summed E-state index contributed by atoms with van der Waals surface area (Å²) in [5, 5.41) is 6.20. The van der Waals surface area contributed by atoms with Crippen LogP contribution in [0.15, 0.2) is 54.7 Å². The van der Waals surface area contributed by atoms with E-state index >= 15 is 0 Å². The van der Waals surface area contributed by atoms with Crippen molar-refractivity contribution in [3.05, 3.63) is 66.0 Å². The fourth-order valence-electron chi connectivity index (χ4n) is 2.66. The second kappa shape index (κ2) is 7.63. The average Bonchev–Trinajstić information content (AvgIpc) is 3.14. The van der Waals surface area contributed by atoms with Gasteiger partial charge in [0.1, 0.15) is 0 Å². The minimum absolute atomic E-state index is 0.194. The van der Waals surface area contributed by atoms with Crippen LogP contribution in [0.25, 0.3) is 5.69 Å². The van der Waals surface area contributed by atoms with Crippen molar-refractivity contribution in [2.45, 2.75) is 6.18 Å². The Morgan fingerprint density at radius 2 is 1.71 bits per heavy atom. The molecule has 2 aromatic carbocycles. The summed E-state index contributed by atoms with van der Waals surface area (Å²) in [6.07, 6.45) is -3.89. The van der Waals surface area contributed by atoms with Crippen molar-refractivity contribution in [2.24, 2.45) is 0 Å². The Balaban J connectivity index is 1.98. The molecule has 0 unspecified atom stereocenters. The lowest BCUT2D eigenvalue weighted by Gasteiger charge is -2.13. The van der Waals surface area contributed by atoms with Crippen LogP contribution in [0.5, 0.6) is 11.5 Å². The van der Waals surface area contributed by atoms with E-state index in [1.54, 1.807) is 18.2 Å². The molecule has 1 N–H and O–H groups in total. The number of benzene rings is 2. The largest absolute Gasteiger partial charge is 0.493 e. The lowest BCUT2D eigenvalue weighted by Crippen LogP contribution is -2.20. The quantitative estimate of drug-likeness (QED) is 0.709. The van der Waals surface area contributed by atoms with Gasteiger partial charge in [-0.3, -0.25) is 4.79 Å². The number of methoxy groups -OCH3 is 2. The first-order valence-electron chi connectivity index (χ1n) is 8.09. The number of alkyl halides is 3. The molecule has 0 atom stereocenters. The molecule has 1 amide bonds. The molecule has 0 aliphatic carbocycles. The summed E-state index contributed by atoms with van der Waals surface area (Å²) in [5.41, 5.74) is -1.30. The van der Waals surface area contributed by atoms with Crippen molar-refractivity contribution >= 4 is 11.6 Å². The van der Waals surface area contributed by atoms with Crippen molar-refractivity contribution in [3.8, 4) is 17.2 Å². The summed E-state index contributed by atoms with van der Waals surface area (Å²) in [5.74, 6) is -0.188. The molecule has 3 aromatic rings. The molecule has 0 saturated heterocycles. The SMILES string of the molecule is COc1ccc(NC(=O)c2cnn(-c3ccccc3)c2C(F)(F)F)cc1OC. The summed E-state index contributed by atoms with van der Waals surface area (Å²) in [6.45, 7) is 0. The fourth-order valence-corrected chi connectivity index (χ4v) is 2.66. The second-order valence-corrected chi connectivity index (χ2v) is 5.68. The van der Waals surface area contributed by atoms with Crippen LogP contribution in [0.2, 0.25) is 0 Å². The Morgan fingerprint density at radius 3 is 2.32 bits per heavy atom. The van der Waals surface area contributed by atoms with E-state index in [0.717, 1.165) is 6.20 Å². The fraction of sp³-hybridized carbons (Fsp3) is 0.158. The number of anilines is 1. The van der Waals surface area contributed by atoms with Crippen LogP contribution in [0.3, 0.4) is 0 Å². The molecule has 0 spiro atoms. The van der Waals surface area contributed by atoms with Crippen LogP contribution >= 0.6 is 0 Å². The van der Waals surface area contributed by atoms with Crippen molar-refractivity contribution < 1.29 is 27.4 Å². The van der Waals surface area contributed by atoms with E-state index in [2.05, 4.69) is 10.4 Å². The number of carbonyl (C=O) groups excluding carboxylic acids is 1. The molecule has 9 heteroatoms. The molecule has 0 radical (unpaired) electrons. The van der Waals surface area contributed by atoms with Gasteiger partial charge in [-0.2, -0.15) is 18.3 Å². The van der Waals surface area contributed by atoms with Crippen LogP contribution in [0.4, 0.5) is 18.9 Å². The molecule has 0 saturated carbocycles. The predicted molar refractivity (Wildman–Crippen MR) is 96.1 cm³/mol. The van der Waals surface area contributed by atoms with E-state index in [4.69, 9.17) is 9.47 Å². The topological polar surface area (TPSA) is 65.4 Å². The van der Waals surface area contributed by atoms with E-state index in [1.165, 1.54) is 44.6 Å². The number of carbonyl (C=O) groups is 1. The van der Waals surface area contributed by atoms with Crippen LogP contribution < -0.4 is 14.8 Å². The van der Waals surface area contributed by atoms with E-state index < -0.39 is 23.3 Å². The van der Waals surface area contributed by atoms with E-state index in [9.17, 15) is 18.0 Å². The maximum absolute atomic E-state index is 13.7. The molecule has 1 aromatic heterocycles. The van der Waals surface area contributed by atoms with E-state index in [0.29, 0.717) is 16.2 Å². The van der Waals surface area contributed by atoms with Gasteiger partial charge in [0.15, 0.2) is 17.2 Å². The maximum Gasteiger partial charge on any atom is 0.434 e. The molecule has 0 bridgehead atoms. The zero-order chi connectivity index (χ0) is 20.3. The monoisotopic (exact) mass is 391 g/mol. The molecule has 146 valence electrons. The number of rotatable bonds is 5. The van der Waals surface area contributed by atoms with Gasteiger partial charge in [0.2, 0.25) is 0 Å². The highest BCUT2D eigenvalue weighted by Gasteiger charge is 2.40. The van der Waals surface area contributed by atoms with Crippen molar-refractivity contribution in [1.29, 1.82) is 0 Å². The van der Waals surface area contributed by atoms with Gasteiger partial charge >= 0.3 is 6.18 Å². The molecule has 0 fully saturated rings. The minimum Gasteiger partial charge on any atom is -0.493 e. The molecular weight excluding hydrogens is 375 g/mol. The summed E-state index contributed by atoms with van der Waals surface area (Å²) in [6, 6.07) is 12.3. The molecule has 28 heavy (non-hydrogen) atoms. The van der Waals surface area contributed by atoms with Crippen LogP contribution in [0.1, 0.15) is 16.1 Å². The smallest absolute Gasteiger partial charge is 0.434 e. The van der Waals surface area contributed by atoms with Crippen molar-refractivity contribution in [3.63, 3.8) is 0 Å². The number of amides is 1. The highest BCUT2D eigenvalue weighted by Crippen LogP contribution is 2.34. The number of halogens is 3. The molecule has 6 nitrogen and oxygen atoms in total. The Hall–Kier alpha value is -3.49. The number of ether oxygens (including phenoxy) is 2. The van der Waals surface area contributed by atoms with Gasteiger partial charge in [-0.15, -0.1) is 0 Å². The van der Waals surface area contributed by atoms with Crippen LogP contribution in [-0.4, -0.2) is 29.9 Å². The third-order valence-electron chi connectivity index (χ3n) is 3.92. The van der Waals surface area contributed by atoms with Gasteiger partial charge in [0.25, 0.3) is 5.91 Å². The normalized spacial score (nSPS) is 11.2. The van der Waals surface area contributed by atoms with Crippen LogP contribution in [-0.2, 0) is 6.18 Å². The van der Waals surface area contributed by atoms with E-state index in [-0.39, 0.29) is 11.4 Å². The number of para-hydroxylation sites is 1. The standard InChI is InChI=1S/C19H16F3N3O3/c1-27-15-9-8-12(10-16(15)28-2)24-18(26)14-11-23-25(17(14)19(20,21)22)13-6-4-3-5-7-13/h3-11H,1-2H3,(H,24,26). The lowest BCUT2D eigenvalue weighted by molar-refractivity contribution is -0.143. The van der Waals surface area contributed by atoms with Gasteiger partial charge < -0.3 is 14.8 Å². The summed E-state index contributed by atoms with van der Waals surface area (Å²) in [7, 11) is 2.86. The molecule has 3 rings (SSSR count). The zero-order valence-corrected chi connectivity index (χ0v) is 14.9. The van der Waals surface area contributed by atoms with Gasteiger partial charge in [-0.05, 0) is 24.3 Å². The predicted octanol–water partition coefficient (Wildman–Crippen LogP) is 4.16.